The van der Waals surface area contributed by atoms with E-state index < -0.39 is 0 Å². The van der Waals surface area contributed by atoms with E-state index >= 15 is 0 Å². The molecule has 0 unspecified atom stereocenters. The fourth-order valence-electron chi connectivity index (χ4n) is 1.12. The lowest BCUT2D eigenvalue weighted by molar-refractivity contribution is 0.190. The molecule has 1 heterocycles. The Hall–Kier alpha value is 0.270. The number of rotatable bonds is 5. The van der Waals surface area contributed by atoms with Crippen LogP contribution >= 0.6 is 11.8 Å². The third-order valence-electron chi connectivity index (χ3n) is 2.18. The van der Waals surface area contributed by atoms with Crippen molar-refractivity contribution in [2.75, 3.05) is 38.2 Å². The molecule has 0 aromatic rings. The van der Waals surface area contributed by atoms with E-state index in [-0.39, 0.29) is 0 Å². The van der Waals surface area contributed by atoms with Gasteiger partial charge >= 0.3 is 0 Å². The van der Waals surface area contributed by atoms with Crippen molar-refractivity contribution in [1.29, 1.82) is 0 Å². The van der Waals surface area contributed by atoms with Crippen LogP contribution in [0, 0.1) is 0 Å². The first-order valence-corrected chi connectivity index (χ1v) is 5.48. The lowest BCUT2D eigenvalue weighted by Gasteiger charge is -2.35. The van der Waals surface area contributed by atoms with E-state index in [1.807, 2.05) is 11.8 Å². The maximum absolute atomic E-state index is 3.28. The highest BCUT2D eigenvalue weighted by molar-refractivity contribution is 7.99. The predicted molar refractivity (Wildman–Crippen MR) is 52.3 cm³/mol. The zero-order valence-electron chi connectivity index (χ0n) is 7.47. The fraction of sp³-hybridized carbons (Fsp3) is 1.00. The molecule has 0 saturated carbocycles. The van der Waals surface area contributed by atoms with Gasteiger partial charge in [0, 0.05) is 31.4 Å². The van der Waals surface area contributed by atoms with Gasteiger partial charge in [-0.15, -0.1) is 0 Å². The molecule has 0 aromatic heterocycles. The van der Waals surface area contributed by atoms with Crippen molar-refractivity contribution in [2.24, 2.45) is 0 Å². The lowest BCUT2D eigenvalue weighted by Crippen LogP contribution is -2.56. The Labute approximate surface area is 73.7 Å². The molecule has 0 amide bonds. The van der Waals surface area contributed by atoms with Crippen molar-refractivity contribution < 1.29 is 0 Å². The van der Waals surface area contributed by atoms with E-state index in [0.29, 0.717) is 0 Å². The average molecular weight is 174 g/mol. The summed E-state index contributed by atoms with van der Waals surface area (Å²) in [7, 11) is 2.22. The minimum absolute atomic E-state index is 0.812. The van der Waals surface area contributed by atoms with E-state index in [0.717, 1.165) is 6.04 Å². The predicted octanol–water partition coefficient (Wildman–Crippen LogP) is 0.643. The largest absolute Gasteiger partial charge is 0.314 e. The van der Waals surface area contributed by atoms with Crippen molar-refractivity contribution in [3.63, 3.8) is 0 Å². The van der Waals surface area contributed by atoms with Crippen molar-refractivity contribution in [1.82, 2.24) is 10.2 Å². The van der Waals surface area contributed by atoms with Gasteiger partial charge in [0.15, 0.2) is 0 Å². The molecule has 0 atom stereocenters. The van der Waals surface area contributed by atoms with Gasteiger partial charge in [-0.1, -0.05) is 6.92 Å². The zero-order chi connectivity index (χ0) is 8.10. The number of hydrogen-bond acceptors (Lipinski definition) is 3. The SMILES string of the molecule is CCSCCN(C)C1CNC1. The van der Waals surface area contributed by atoms with Gasteiger partial charge in [-0.3, -0.25) is 0 Å². The van der Waals surface area contributed by atoms with Crippen molar-refractivity contribution in [3.05, 3.63) is 0 Å². The van der Waals surface area contributed by atoms with Crippen LogP contribution in [-0.4, -0.2) is 49.1 Å². The molecule has 2 nitrogen and oxygen atoms in total. The van der Waals surface area contributed by atoms with Gasteiger partial charge < -0.3 is 10.2 Å². The normalized spacial score (nSPS) is 18.8. The summed E-state index contributed by atoms with van der Waals surface area (Å²) in [5.74, 6) is 2.53. The Morgan fingerprint density at radius 1 is 1.55 bits per heavy atom. The molecule has 1 fully saturated rings. The zero-order valence-corrected chi connectivity index (χ0v) is 8.28. The van der Waals surface area contributed by atoms with Gasteiger partial charge in [0.05, 0.1) is 0 Å². The van der Waals surface area contributed by atoms with Crippen LogP contribution in [-0.2, 0) is 0 Å². The van der Waals surface area contributed by atoms with Crippen LogP contribution in [0.25, 0.3) is 0 Å². The molecule has 0 spiro atoms. The molecular weight excluding hydrogens is 156 g/mol. The van der Waals surface area contributed by atoms with Gasteiger partial charge in [-0.2, -0.15) is 11.8 Å². The second-order valence-electron chi connectivity index (χ2n) is 2.99. The molecule has 0 aliphatic carbocycles. The quantitative estimate of drug-likeness (QED) is 0.616. The summed E-state index contributed by atoms with van der Waals surface area (Å²) in [5, 5.41) is 3.28. The number of nitrogens with zero attached hydrogens (tertiary/aromatic N) is 1. The first-order chi connectivity index (χ1) is 5.34. The third-order valence-corrected chi connectivity index (χ3v) is 3.06. The number of thioether (sulfide) groups is 1. The summed E-state index contributed by atoms with van der Waals surface area (Å²) in [6.45, 7) is 5.83. The lowest BCUT2D eigenvalue weighted by atomic mass is 10.1. The number of hydrogen-bond donors (Lipinski definition) is 1. The Bertz CT molecular complexity index is 104. The van der Waals surface area contributed by atoms with Crippen LogP contribution in [0.1, 0.15) is 6.92 Å². The third kappa shape index (κ3) is 3.01. The van der Waals surface area contributed by atoms with E-state index in [9.17, 15) is 0 Å². The summed E-state index contributed by atoms with van der Waals surface area (Å²) in [4.78, 5) is 2.46. The number of nitrogens with one attached hydrogen (secondary N) is 1. The maximum atomic E-state index is 3.28. The summed E-state index contributed by atoms with van der Waals surface area (Å²) in [5.41, 5.74) is 0. The number of likely N-dealkylation sites (N-methyl/N-ethyl adjacent to an activating group) is 1. The van der Waals surface area contributed by atoms with E-state index in [2.05, 4.69) is 24.2 Å². The molecule has 11 heavy (non-hydrogen) atoms. The Balaban J connectivity index is 1.96. The van der Waals surface area contributed by atoms with Crippen LogP contribution in [0.15, 0.2) is 0 Å². The Morgan fingerprint density at radius 2 is 2.27 bits per heavy atom. The average Bonchev–Trinajstić information content (AvgIpc) is 1.84. The van der Waals surface area contributed by atoms with E-state index in [1.165, 1.54) is 31.1 Å². The molecule has 3 heteroatoms. The first kappa shape index (κ1) is 9.36. The molecule has 1 N–H and O–H groups in total. The fourth-order valence-corrected chi connectivity index (χ4v) is 1.83. The Kier molecular flexibility index (Phi) is 4.26. The van der Waals surface area contributed by atoms with Gasteiger partial charge in [0.1, 0.15) is 0 Å². The molecular formula is C8H18N2S. The molecule has 0 radical (unpaired) electrons. The second-order valence-corrected chi connectivity index (χ2v) is 4.38. The topological polar surface area (TPSA) is 15.3 Å². The van der Waals surface area contributed by atoms with E-state index in [4.69, 9.17) is 0 Å². The monoisotopic (exact) mass is 174 g/mol. The van der Waals surface area contributed by atoms with Gasteiger partial charge in [-0.25, -0.2) is 0 Å². The molecule has 66 valence electrons. The standard InChI is InChI=1S/C8H18N2S/c1-3-11-5-4-10(2)8-6-9-7-8/h8-9H,3-7H2,1-2H3. The van der Waals surface area contributed by atoms with Gasteiger partial charge in [0.2, 0.25) is 0 Å². The molecule has 1 aliphatic rings. The van der Waals surface area contributed by atoms with Crippen LogP contribution in [0.4, 0.5) is 0 Å². The van der Waals surface area contributed by atoms with Crippen LogP contribution in [0.5, 0.6) is 0 Å². The minimum atomic E-state index is 0.812. The summed E-state index contributed by atoms with van der Waals surface area (Å²) in [6.07, 6.45) is 0. The van der Waals surface area contributed by atoms with Crippen molar-refractivity contribution >= 4 is 11.8 Å². The molecule has 1 aliphatic heterocycles. The molecule has 0 bridgehead atoms. The highest BCUT2D eigenvalue weighted by Gasteiger charge is 2.20. The smallest absolute Gasteiger partial charge is 0.0342 e. The Morgan fingerprint density at radius 3 is 2.73 bits per heavy atom. The minimum Gasteiger partial charge on any atom is -0.314 e. The van der Waals surface area contributed by atoms with Crippen LogP contribution in [0.3, 0.4) is 0 Å². The summed E-state index contributed by atoms with van der Waals surface area (Å²) < 4.78 is 0. The van der Waals surface area contributed by atoms with Gasteiger partial charge in [0.25, 0.3) is 0 Å². The van der Waals surface area contributed by atoms with Gasteiger partial charge in [-0.05, 0) is 12.8 Å². The molecule has 1 rings (SSSR count). The second kappa shape index (κ2) is 5.01. The summed E-state index contributed by atoms with van der Waals surface area (Å²) in [6, 6.07) is 0.812. The highest BCUT2D eigenvalue weighted by Crippen LogP contribution is 2.04. The summed E-state index contributed by atoms with van der Waals surface area (Å²) >= 11 is 2.03. The maximum Gasteiger partial charge on any atom is 0.0342 e. The molecule has 1 saturated heterocycles. The van der Waals surface area contributed by atoms with Crippen molar-refractivity contribution in [3.8, 4) is 0 Å². The van der Waals surface area contributed by atoms with Crippen LogP contribution < -0.4 is 5.32 Å². The van der Waals surface area contributed by atoms with Crippen LogP contribution in [0.2, 0.25) is 0 Å². The van der Waals surface area contributed by atoms with E-state index in [1.54, 1.807) is 0 Å². The highest BCUT2D eigenvalue weighted by atomic mass is 32.2. The first-order valence-electron chi connectivity index (χ1n) is 4.33. The van der Waals surface area contributed by atoms with Crippen molar-refractivity contribution in [2.45, 2.75) is 13.0 Å². The molecule has 0 aromatic carbocycles.